The Morgan fingerprint density at radius 1 is 0.915 bits per heavy atom. The van der Waals surface area contributed by atoms with Crippen LogP contribution in [-0.2, 0) is 15.1 Å². The van der Waals surface area contributed by atoms with Gasteiger partial charge in [0.05, 0.1) is 17.1 Å². The third-order valence-corrected chi connectivity index (χ3v) is 16.6. The van der Waals surface area contributed by atoms with Crippen LogP contribution in [0.4, 0.5) is 0 Å². The van der Waals surface area contributed by atoms with Crippen LogP contribution in [0, 0.1) is 62.6 Å². The van der Waals surface area contributed by atoms with Crippen molar-refractivity contribution in [2.24, 2.45) is 62.6 Å². The van der Waals surface area contributed by atoms with E-state index >= 15 is 0 Å². The van der Waals surface area contributed by atoms with Crippen LogP contribution in [0.25, 0.3) is 0 Å². The van der Waals surface area contributed by atoms with Crippen LogP contribution in [0.5, 0.6) is 0 Å². The van der Waals surface area contributed by atoms with Gasteiger partial charge in [0.2, 0.25) is 5.91 Å². The molecule has 1 aromatic rings. The number of nitrogens with one attached hydrogen (secondary N) is 1. The quantitative estimate of drug-likeness (QED) is 0.294. The second-order valence-electron chi connectivity index (χ2n) is 19.0. The van der Waals surface area contributed by atoms with E-state index in [0.717, 1.165) is 44.3 Å². The average Bonchev–Trinajstić information content (AvgIpc) is 3.59. The van der Waals surface area contributed by atoms with Crippen molar-refractivity contribution in [1.82, 2.24) is 10.2 Å². The molecule has 47 heavy (non-hydrogen) atoms. The van der Waals surface area contributed by atoms with Gasteiger partial charge in [-0.15, -0.1) is 0 Å². The molecule has 6 heteroatoms. The Hall–Kier alpha value is -1.92. The van der Waals surface area contributed by atoms with Crippen molar-refractivity contribution < 1.29 is 19.4 Å². The first-order valence-electron chi connectivity index (χ1n) is 18.9. The monoisotopic (exact) mass is 646 g/mol. The Labute approximate surface area is 284 Å². The molecule has 1 aliphatic heterocycles. The van der Waals surface area contributed by atoms with Crippen LogP contribution in [0.1, 0.15) is 122 Å². The van der Waals surface area contributed by atoms with Crippen LogP contribution >= 0.6 is 0 Å². The Kier molecular flexibility index (Phi) is 7.71. The highest BCUT2D eigenvalue weighted by atomic mass is 16.6. The summed E-state index contributed by atoms with van der Waals surface area (Å²) in [5.41, 5.74) is 1.52. The highest BCUT2D eigenvalue weighted by molar-refractivity contribution is 5.87. The van der Waals surface area contributed by atoms with Crippen molar-refractivity contribution in [1.29, 1.82) is 0 Å². The zero-order valence-electron chi connectivity index (χ0n) is 30.7. The van der Waals surface area contributed by atoms with E-state index in [-0.39, 0.29) is 38.8 Å². The minimum atomic E-state index is -0.879. The van der Waals surface area contributed by atoms with Gasteiger partial charge in [-0.3, -0.25) is 4.79 Å². The van der Waals surface area contributed by atoms with Crippen LogP contribution < -0.4 is 5.32 Å². The maximum absolute atomic E-state index is 14.3. The zero-order chi connectivity index (χ0) is 33.9. The van der Waals surface area contributed by atoms with Crippen molar-refractivity contribution in [3.8, 4) is 0 Å². The molecule has 6 aliphatic rings. The van der Waals surface area contributed by atoms with E-state index in [0.29, 0.717) is 47.0 Å². The van der Waals surface area contributed by atoms with Crippen LogP contribution in [-0.4, -0.2) is 55.2 Å². The van der Waals surface area contributed by atoms with Crippen molar-refractivity contribution in [3.63, 3.8) is 0 Å². The van der Waals surface area contributed by atoms with Gasteiger partial charge in [-0.1, -0.05) is 60.6 Å². The number of carboxylic acids is 1. The van der Waals surface area contributed by atoms with E-state index < -0.39 is 5.97 Å². The van der Waals surface area contributed by atoms with Gasteiger partial charge in [-0.05, 0) is 141 Å². The SMILES string of the molecule is CC(C)[C@@H]1CC[C@]2(C(=O)NCCN(C)C)CC[C@]3(C)[C@H](CC[C@@H]4[C@]5(C)CC6OC6(c6ccc(C(=O)O)cc6)C(C)(C)[C@@H]5CC[C@]43C)[C@@H]12. The fraction of sp³-hybridized carbons (Fsp3) is 0.805. The van der Waals surface area contributed by atoms with Crippen molar-refractivity contribution in [3.05, 3.63) is 35.4 Å². The second kappa shape index (κ2) is 10.8. The number of hydrogen-bond acceptors (Lipinski definition) is 4. The minimum absolute atomic E-state index is 0.0605. The molecular formula is C41H62N2O4. The fourth-order valence-electron chi connectivity index (χ4n) is 14.3. The molecule has 6 nitrogen and oxygen atoms in total. The Morgan fingerprint density at radius 3 is 2.26 bits per heavy atom. The molecule has 1 saturated heterocycles. The van der Waals surface area contributed by atoms with E-state index in [2.05, 4.69) is 72.8 Å². The maximum atomic E-state index is 14.3. The number of ether oxygens (including phenoxy) is 1. The van der Waals surface area contributed by atoms with Gasteiger partial charge in [0.15, 0.2) is 0 Å². The predicted molar refractivity (Wildman–Crippen MR) is 186 cm³/mol. The summed E-state index contributed by atoms with van der Waals surface area (Å²) in [5.74, 6) is 2.92. The number of nitrogens with zero attached hydrogens (tertiary/aromatic N) is 1. The van der Waals surface area contributed by atoms with Gasteiger partial charge in [-0.25, -0.2) is 4.79 Å². The van der Waals surface area contributed by atoms with Gasteiger partial charge < -0.3 is 20.1 Å². The smallest absolute Gasteiger partial charge is 0.335 e. The van der Waals surface area contributed by atoms with Crippen LogP contribution in [0.3, 0.4) is 0 Å². The fourth-order valence-corrected chi connectivity index (χ4v) is 14.3. The number of rotatable bonds is 7. The van der Waals surface area contributed by atoms with Crippen molar-refractivity contribution in [2.75, 3.05) is 27.2 Å². The molecule has 0 bridgehead atoms. The number of benzene rings is 1. The molecule has 2 unspecified atom stereocenters. The molecule has 0 radical (unpaired) electrons. The molecule has 1 heterocycles. The summed E-state index contributed by atoms with van der Waals surface area (Å²) in [6.45, 7) is 19.3. The van der Waals surface area contributed by atoms with E-state index in [1.54, 1.807) is 12.1 Å². The standard InChI is InChI=1S/C41H62N2O4/c1-25(2)28-16-19-40(35(46)42-22-23-43(8)9)21-20-38(6)29(33(28)40)14-15-31-37(5)24-32-41(47-32,27-12-10-26(11-13-27)34(44)45)36(3,4)30(37)17-18-39(31,38)7/h10-13,25,28-33H,14-24H2,1-9H3,(H,42,46)(H,44,45)/t28-,29+,30-,31+,32?,33+,37+,38+,39+,40-,41?/m0/s1. The number of likely N-dealkylation sites (N-methyl/N-ethyl adjacent to an activating group) is 1. The first kappa shape index (κ1) is 33.6. The number of amides is 1. The van der Waals surface area contributed by atoms with Gasteiger partial charge in [0.25, 0.3) is 0 Å². The first-order valence-corrected chi connectivity index (χ1v) is 18.9. The normalized spacial score (nSPS) is 46.1. The molecule has 11 atom stereocenters. The molecule has 7 rings (SSSR count). The van der Waals surface area contributed by atoms with E-state index in [1.807, 2.05) is 12.1 Å². The first-order chi connectivity index (χ1) is 22.0. The molecule has 6 fully saturated rings. The van der Waals surface area contributed by atoms with Gasteiger partial charge in [0, 0.05) is 18.5 Å². The summed E-state index contributed by atoms with van der Waals surface area (Å²) >= 11 is 0. The summed E-state index contributed by atoms with van der Waals surface area (Å²) in [7, 11) is 4.17. The van der Waals surface area contributed by atoms with Gasteiger partial charge in [-0.2, -0.15) is 0 Å². The third-order valence-electron chi connectivity index (χ3n) is 16.6. The maximum Gasteiger partial charge on any atom is 0.335 e. The van der Waals surface area contributed by atoms with Crippen LogP contribution in [0.2, 0.25) is 0 Å². The topological polar surface area (TPSA) is 82.2 Å². The Bertz CT molecular complexity index is 1420. The Balaban J connectivity index is 1.20. The highest BCUT2D eigenvalue weighted by Gasteiger charge is 2.79. The number of epoxide rings is 1. The molecule has 1 aromatic carbocycles. The second-order valence-corrected chi connectivity index (χ2v) is 19.0. The van der Waals surface area contributed by atoms with E-state index in [1.165, 1.54) is 32.1 Å². The van der Waals surface area contributed by atoms with Gasteiger partial charge >= 0.3 is 5.97 Å². The molecular weight excluding hydrogens is 584 g/mol. The molecule has 260 valence electrons. The Morgan fingerprint density at radius 2 is 1.62 bits per heavy atom. The molecule has 5 saturated carbocycles. The van der Waals surface area contributed by atoms with Crippen molar-refractivity contribution >= 4 is 11.9 Å². The summed E-state index contributed by atoms with van der Waals surface area (Å²) in [4.78, 5) is 28.0. The predicted octanol–water partition coefficient (Wildman–Crippen LogP) is 8.00. The number of aromatic carboxylic acids is 1. The molecule has 1 amide bonds. The lowest BCUT2D eigenvalue weighted by atomic mass is 9.31. The summed E-state index contributed by atoms with van der Waals surface area (Å²) in [6.07, 6.45) is 10.7. The van der Waals surface area contributed by atoms with E-state index in [9.17, 15) is 14.7 Å². The molecule has 2 N–H and O–H groups in total. The summed E-state index contributed by atoms with van der Waals surface area (Å²) in [6, 6.07) is 7.55. The number of fused-ring (bicyclic) bond motifs is 8. The summed E-state index contributed by atoms with van der Waals surface area (Å²) < 4.78 is 6.86. The molecule has 5 aliphatic carbocycles. The number of carbonyl (C=O) groups excluding carboxylic acids is 1. The lowest BCUT2D eigenvalue weighted by Gasteiger charge is -2.72. The highest BCUT2D eigenvalue weighted by Crippen LogP contribution is 2.81. The zero-order valence-corrected chi connectivity index (χ0v) is 30.7. The largest absolute Gasteiger partial charge is 0.478 e. The third kappa shape index (κ3) is 4.34. The van der Waals surface area contributed by atoms with Crippen LogP contribution in [0.15, 0.2) is 24.3 Å². The van der Waals surface area contributed by atoms with Crippen molar-refractivity contribution in [2.45, 2.75) is 118 Å². The minimum Gasteiger partial charge on any atom is -0.478 e. The molecule has 0 spiro atoms. The lowest BCUT2D eigenvalue weighted by Crippen LogP contribution is -2.67. The van der Waals surface area contributed by atoms with Gasteiger partial charge in [0.1, 0.15) is 5.60 Å². The molecule has 0 aromatic heterocycles. The number of hydrogen-bond donors (Lipinski definition) is 2. The number of carbonyl (C=O) groups is 2. The average molecular weight is 647 g/mol. The number of carboxylic acid groups (broad SMARTS) is 1. The summed E-state index contributed by atoms with van der Waals surface area (Å²) in [5, 5.41) is 13.0. The lowest BCUT2D eigenvalue weighted by molar-refractivity contribution is -0.238. The van der Waals surface area contributed by atoms with E-state index in [4.69, 9.17) is 4.74 Å².